The molecule has 1 aliphatic rings. The minimum Gasteiger partial charge on any atom is -0.491 e. The Kier molecular flexibility index (Phi) is 6.41. The molecule has 1 saturated heterocycles. The second-order valence-corrected chi connectivity index (χ2v) is 8.16. The van der Waals surface area contributed by atoms with Gasteiger partial charge in [0.1, 0.15) is 18.2 Å². The molecular weight excluding hydrogens is 369 g/mol. The fourth-order valence-corrected chi connectivity index (χ4v) is 3.74. The zero-order chi connectivity index (χ0) is 19.3. The Morgan fingerprint density at radius 3 is 2.85 bits per heavy atom. The molecule has 2 heterocycles. The number of benzene rings is 1. The SMILES string of the molecule is Cc1cnc(NC(=O)CN2CCCC(O)(COc3ccc(F)cc3)CC2)s1. The van der Waals surface area contributed by atoms with Gasteiger partial charge in [0.05, 0.1) is 12.1 Å². The molecule has 1 aromatic carbocycles. The number of aromatic nitrogens is 1. The number of nitrogens with one attached hydrogen (secondary N) is 1. The van der Waals surface area contributed by atoms with Gasteiger partial charge in [-0.3, -0.25) is 9.69 Å². The maximum atomic E-state index is 13.0. The lowest BCUT2D eigenvalue weighted by atomic mass is 9.96. The van der Waals surface area contributed by atoms with E-state index in [0.29, 0.717) is 30.3 Å². The number of carbonyl (C=O) groups excluding carboxylic acids is 1. The van der Waals surface area contributed by atoms with Crippen LogP contribution in [-0.2, 0) is 4.79 Å². The fourth-order valence-electron chi connectivity index (χ4n) is 3.06. The first kappa shape index (κ1) is 19.7. The molecular formula is C19H24FN3O3S. The van der Waals surface area contributed by atoms with E-state index in [1.54, 1.807) is 18.3 Å². The van der Waals surface area contributed by atoms with Crippen LogP contribution in [-0.4, -0.2) is 52.7 Å². The summed E-state index contributed by atoms with van der Waals surface area (Å²) in [6.07, 6.45) is 3.61. The van der Waals surface area contributed by atoms with E-state index in [1.807, 2.05) is 11.8 Å². The van der Waals surface area contributed by atoms with Crippen LogP contribution in [0.3, 0.4) is 0 Å². The number of carbonyl (C=O) groups is 1. The summed E-state index contributed by atoms with van der Waals surface area (Å²) >= 11 is 1.45. The van der Waals surface area contributed by atoms with Crippen molar-refractivity contribution in [3.8, 4) is 5.75 Å². The first-order chi connectivity index (χ1) is 12.9. The van der Waals surface area contributed by atoms with E-state index in [9.17, 15) is 14.3 Å². The van der Waals surface area contributed by atoms with Crippen LogP contribution in [0.15, 0.2) is 30.5 Å². The van der Waals surface area contributed by atoms with Gasteiger partial charge in [0, 0.05) is 17.6 Å². The molecule has 146 valence electrons. The van der Waals surface area contributed by atoms with Crippen molar-refractivity contribution in [3.63, 3.8) is 0 Å². The Balaban J connectivity index is 1.47. The zero-order valence-electron chi connectivity index (χ0n) is 15.3. The van der Waals surface area contributed by atoms with Gasteiger partial charge in [0.25, 0.3) is 0 Å². The van der Waals surface area contributed by atoms with Gasteiger partial charge in [-0.1, -0.05) is 0 Å². The molecule has 1 unspecified atom stereocenters. The summed E-state index contributed by atoms with van der Waals surface area (Å²) in [5.41, 5.74) is -0.952. The number of aryl methyl sites for hydroxylation is 1. The Labute approximate surface area is 162 Å². The van der Waals surface area contributed by atoms with Gasteiger partial charge in [-0.25, -0.2) is 9.37 Å². The number of halogens is 1. The molecule has 2 N–H and O–H groups in total. The maximum absolute atomic E-state index is 13.0. The van der Waals surface area contributed by atoms with Gasteiger partial charge in [0.15, 0.2) is 5.13 Å². The molecule has 0 radical (unpaired) electrons. The minimum atomic E-state index is -0.952. The lowest BCUT2D eigenvalue weighted by Gasteiger charge is -2.27. The first-order valence-electron chi connectivity index (χ1n) is 8.97. The van der Waals surface area contributed by atoms with E-state index in [-0.39, 0.29) is 24.9 Å². The molecule has 0 saturated carbocycles. The molecule has 27 heavy (non-hydrogen) atoms. The van der Waals surface area contributed by atoms with Crippen LogP contribution in [0.5, 0.6) is 5.75 Å². The van der Waals surface area contributed by atoms with Gasteiger partial charge in [-0.2, -0.15) is 0 Å². The van der Waals surface area contributed by atoms with E-state index >= 15 is 0 Å². The van der Waals surface area contributed by atoms with Crippen molar-refractivity contribution in [2.75, 3.05) is 31.6 Å². The highest BCUT2D eigenvalue weighted by Gasteiger charge is 2.31. The van der Waals surface area contributed by atoms with Gasteiger partial charge in [-0.15, -0.1) is 11.3 Å². The summed E-state index contributed by atoms with van der Waals surface area (Å²) in [5, 5.41) is 14.2. The van der Waals surface area contributed by atoms with Crippen LogP contribution < -0.4 is 10.1 Å². The molecule has 3 rings (SSSR count). The minimum absolute atomic E-state index is 0.0997. The normalized spacial score (nSPS) is 20.9. The molecule has 0 aliphatic carbocycles. The molecule has 0 bridgehead atoms. The van der Waals surface area contributed by atoms with Crippen molar-refractivity contribution in [2.24, 2.45) is 0 Å². The summed E-state index contributed by atoms with van der Waals surface area (Å²) < 4.78 is 18.6. The number of amides is 1. The third-order valence-corrected chi connectivity index (χ3v) is 5.39. The summed E-state index contributed by atoms with van der Waals surface area (Å²) in [7, 11) is 0. The van der Waals surface area contributed by atoms with Gasteiger partial charge in [-0.05, 0) is 57.0 Å². The molecule has 0 spiro atoms. The average Bonchev–Trinajstić information content (AvgIpc) is 2.94. The monoisotopic (exact) mass is 393 g/mol. The number of aliphatic hydroxyl groups is 1. The van der Waals surface area contributed by atoms with Gasteiger partial charge >= 0.3 is 0 Å². The Bertz CT molecular complexity index is 768. The van der Waals surface area contributed by atoms with Gasteiger partial charge < -0.3 is 15.2 Å². The Hall–Kier alpha value is -2.03. The van der Waals surface area contributed by atoms with Crippen molar-refractivity contribution < 1.29 is 19.0 Å². The summed E-state index contributed by atoms with van der Waals surface area (Å²) in [5.74, 6) is 0.110. The number of likely N-dealkylation sites (tertiary alicyclic amines) is 1. The van der Waals surface area contributed by atoms with E-state index in [0.717, 1.165) is 17.8 Å². The average molecular weight is 393 g/mol. The predicted octanol–water partition coefficient (Wildman–Crippen LogP) is 2.83. The Morgan fingerprint density at radius 1 is 1.37 bits per heavy atom. The van der Waals surface area contributed by atoms with Crippen LogP contribution in [0.4, 0.5) is 9.52 Å². The molecule has 2 aromatic rings. The summed E-state index contributed by atoms with van der Waals surface area (Å²) in [6, 6.07) is 5.76. The molecule has 1 atom stereocenters. The lowest BCUT2D eigenvalue weighted by Crippen LogP contribution is -2.38. The van der Waals surface area contributed by atoms with Crippen LogP contribution >= 0.6 is 11.3 Å². The molecule has 6 nitrogen and oxygen atoms in total. The molecule has 8 heteroatoms. The lowest BCUT2D eigenvalue weighted by molar-refractivity contribution is -0.117. The van der Waals surface area contributed by atoms with Gasteiger partial charge in [0.2, 0.25) is 5.91 Å². The largest absolute Gasteiger partial charge is 0.491 e. The first-order valence-corrected chi connectivity index (χ1v) is 9.79. The van der Waals surface area contributed by atoms with Crippen LogP contribution in [0.2, 0.25) is 0 Å². The maximum Gasteiger partial charge on any atom is 0.240 e. The van der Waals surface area contributed by atoms with Crippen molar-refractivity contribution in [2.45, 2.75) is 31.8 Å². The quantitative estimate of drug-likeness (QED) is 0.789. The number of hydrogen-bond donors (Lipinski definition) is 2. The van der Waals surface area contributed by atoms with Crippen LogP contribution in [0, 0.1) is 12.7 Å². The third-order valence-electron chi connectivity index (χ3n) is 4.57. The topological polar surface area (TPSA) is 74.7 Å². The van der Waals surface area contributed by atoms with Crippen molar-refractivity contribution in [1.82, 2.24) is 9.88 Å². The molecule has 1 fully saturated rings. The van der Waals surface area contributed by atoms with E-state index in [4.69, 9.17) is 4.74 Å². The number of anilines is 1. The van der Waals surface area contributed by atoms with Crippen molar-refractivity contribution in [3.05, 3.63) is 41.2 Å². The molecule has 1 aliphatic heterocycles. The van der Waals surface area contributed by atoms with E-state index in [1.165, 1.54) is 23.5 Å². The third kappa shape index (κ3) is 5.98. The predicted molar refractivity (Wildman–Crippen MR) is 103 cm³/mol. The van der Waals surface area contributed by atoms with E-state index in [2.05, 4.69) is 10.3 Å². The second-order valence-electron chi connectivity index (χ2n) is 6.92. The van der Waals surface area contributed by atoms with Crippen LogP contribution in [0.25, 0.3) is 0 Å². The summed E-state index contributed by atoms with van der Waals surface area (Å²) in [6.45, 7) is 3.71. The Morgan fingerprint density at radius 2 is 2.15 bits per heavy atom. The van der Waals surface area contributed by atoms with Crippen molar-refractivity contribution >= 4 is 22.4 Å². The highest BCUT2D eigenvalue weighted by molar-refractivity contribution is 7.15. The fraction of sp³-hybridized carbons (Fsp3) is 0.474. The number of thiazole rings is 1. The highest BCUT2D eigenvalue weighted by atomic mass is 32.1. The summed E-state index contributed by atoms with van der Waals surface area (Å²) in [4.78, 5) is 19.4. The smallest absolute Gasteiger partial charge is 0.240 e. The number of ether oxygens (including phenoxy) is 1. The number of nitrogens with zero attached hydrogens (tertiary/aromatic N) is 2. The molecule has 1 amide bonds. The van der Waals surface area contributed by atoms with Crippen molar-refractivity contribution in [1.29, 1.82) is 0 Å². The van der Waals surface area contributed by atoms with E-state index < -0.39 is 5.60 Å². The zero-order valence-corrected chi connectivity index (χ0v) is 16.1. The second kappa shape index (κ2) is 8.77. The number of rotatable bonds is 6. The standard InChI is InChI=1S/C19H24FN3O3S/c1-14-11-21-18(27-14)22-17(24)12-23-9-2-7-19(25,8-10-23)13-26-16-5-3-15(20)4-6-16/h3-6,11,25H,2,7-10,12-13H2,1H3,(H,21,22,24). The molecule has 1 aromatic heterocycles. The van der Waals surface area contributed by atoms with Crippen LogP contribution in [0.1, 0.15) is 24.1 Å². The highest BCUT2D eigenvalue weighted by Crippen LogP contribution is 2.24. The number of hydrogen-bond acceptors (Lipinski definition) is 6.